The van der Waals surface area contributed by atoms with E-state index < -0.39 is 6.10 Å². The van der Waals surface area contributed by atoms with Gasteiger partial charge in [0.15, 0.2) is 6.10 Å². The second-order valence-electron chi connectivity index (χ2n) is 6.53. The number of carbonyl (C=O) groups is 1. The van der Waals surface area contributed by atoms with Crippen molar-refractivity contribution in [2.75, 3.05) is 7.05 Å². The number of benzene rings is 2. The molecule has 0 fully saturated rings. The SMILES string of the molecule is CCn1ncc(CN(C)C(=O)[C@@H](C)Oc2ccc3ccccc3c2)c1C. The molecule has 1 atom stereocenters. The lowest BCUT2D eigenvalue weighted by Gasteiger charge is -2.22. The Hall–Kier alpha value is -2.82. The van der Waals surface area contributed by atoms with Crippen LogP contribution in [0.2, 0.25) is 0 Å². The molecule has 1 heterocycles. The van der Waals surface area contributed by atoms with Crippen LogP contribution in [-0.4, -0.2) is 33.7 Å². The lowest BCUT2D eigenvalue weighted by atomic mass is 10.1. The Bertz CT molecular complexity index is 917. The summed E-state index contributed by atoms with van der Waals surface area (Å²) >= 11 is 0. The molecule has 26 heavy (non-hydrogen) atoms. The smallest absolute Gasteiger partial charge is 0.263 e. The maximum absolute atomic E-state index is 12.7. The minimum atomic E-state index is -0.553. The summed E-state index contributed by atoms with van der Waals surface area (Å²) in [6, 6.07) is 14.0. The summed E-state index contributed by atoms with van der Waals surface area (Å²) in [5.74, 6) is 0.648. The maximum Gasteiger partial charge on any atom is 0.263 e. The van der Waals surface area contributed by atoms with Crippen LogP contribution in [0.3, 0.4) is 0 Å². The molecule has 0 saturated carbocycles. The van der Waals surface area contributed by atoms with Gasteiger partial charge in [-0.1, -0.05) is 30.3 Å². The first kappa shape index (κ1) is 18.0. The van der Waals surface area contributed by atoms with E-state index >= 15 is 0 Å². The molecule has 0 bridgehead atoms. The molecule has 0 radical (unpaired) electrons. The molecular formula is C21H25N3O2. The number of carbonyl (C=O) groups excluding carboxylic acids is 1. The van der Waals surface area contributed by atoms with Crippen LogP contribution in [-0.2, 0) is 17.9 Å². The van der Waals surface area contributed by atoms with Crippen molar-refractivity contribution in [1.29, 1.82) is 0 Å². The number of hydrogen-bond donors (Lipinski definition) is 0. The summed E-state index contributed by atoms with van der Waals surface area (Å²) in [6.07, 6.45) is 1.28. The highest BCUT2D eigenvalue weighted by Gasteiger charge is 2.20. The molecular weight excluding hydrogens is 326 g/mol. The van der Waals surface area contributed by atoms with E-state index in [1.54, 1.807) is 18.9 Å². The quantitative estimate of drug-likeness (QED) is 0.679. The van der Waals surface area contributed by atoms with E-state index in [-0.39, 0.29) is 5.91 Å². The van der Waals surface area contributed by atoms with Crippen LogP contribution in [0.15, 0.2) is 48.7 Å². The van der Waals surface area contributed by atoms with Gasteiger partial charge < -0.3 is 9.64 Å². The third kappa shape index (κ3) is 3.72. The van der Waals surface area contributed by atoms with E-state index in [1.807, 2.05) is 54.2 Å². The zero-order valence-electron chi connectivity index (χ0n) is 15.8. The van der Waals surface area contributed by atoms with Crippen molar-refractivity contribution in [2.45, 2.75) is 40.0 Å². The summed E-state index contributed by atoms with van der Waals surface area (Å²) in [5.41, 5.74) is 2.15. The number of likely N-dealkylation sites (N-methyl/N-ethyl adjacent to an activating group) is 1. The number of hydrogen-bond acceptors (Lipinski definition) is 3. The van der Waals surface area contributed by atoms with Crippen molar-refractivity contribution in [3.8, 4) is 5.75 Å². The summed E-state index contributed by atoms with van der Waals surface area (Å²) < 4.78 is 7.82. The number of ether oxygens (including phenoxy) is 1. The Labute approximate surface area is 154 Å². The van der Waals surface area contributed by atoms with Gasteiger partial charge in [0, 0.05) is 31.4 Å². The Morgan fingerprint density at radius 3 is 2.65 bits per heavy atom. The molecule has 2 aromatic carbocycles. The van der Waals surface area contributed by atoms with Gasteiger partial charge in [-0.3, -0.25) is 9.48 Å². The van der Waals surface area contributed by atoms with Crippen LogP contribution < -0.4 is 4.74 Å². The van der Waals surface area contributed by atoms with Crippen LogP contribution in [0, 0.1) is 6.92 Å². The van der Waals surface area contributed by atoms with E-state index in [4.69, 9.17) is 4.74 Å². The number of nitrogens with zero attached hydrogens (tertiary/aromatic N) is 3. The van der Waals surface area contributed by atoms with Gasteiger partial charge in [-0.25, -0.2) is 0 Å². The average molecular weight is 351 g/mol. The summed E-state index contributed by atoms with van der Waals surface area (Å²) in [4.78, 5) is 14.4. The number of amides is 1. The predicted molar refractivity (Wildman–Crippen MR) is 103 cm³/mol. The number of aryl methyl sites for hydroxylation is 1. The van der Waals surface area contributed by atoms with Gasteiger partial charge in [0.2, 0.25) is 0 Å². The maximum atomic E-state index is 12.7. The van der Waals surface area contributed by atoms with Crippen LogP contribution in [0.4, 0.5) is 0 Å². The summed E-state index contributed by atoms with van der Waals surface area (Å²) in [6.45, 7) is 7.22. The molecule has 3 rings (SSSR count). The first-order valence-corrected chi connectivity index (χ1v) is 8.91. The Balaban J connectivity index is 1.66. The molecule has 5 nitrogen and oxygen atoms in total. The van der Waals surface area contributed by atoms with Gasteiger partial charge in [-0.05, 0) is 43.7 Å². The highest BCUT2D eigenvalue weighted by molar-refractivity contribution is 5.84. The van der Waals surface area contributed by atoms with E-state index in [0.29, 0.717) is 12.3 Å². The average Bonchev–Trinajstić information content (AvgIpc) is 3.00. The summed E-state index contributed by atoms with van der Waals surface area (Å²) in [7, 11) is 1.80. The molecule has 0 aliphatic carbocycles. The second-order valence-corrected chi connectivity index (χ2v) is 6.53. The molecule has 0 N–H and O–H groups in total. The monoisotopic (exact) mass is 351 g/mol. The normalized spacial score (nSPS) is 12.2. The van der Waals surface area contributed by atoms with Gasteiger partial charge in [0.1, 0.15) is 5.75 Å². The van der Waals surface area contributed by atoms with E-state index in [2.05, 4.69) is 18.1 Å². The molecule has 0 unspecified atom stereocenters. The van der Waals surface area contributed by atoms with Crippen molar-refractivity contribution in [3.63, 3.8) is 0 Å². The summed E-state index contributed by atoms with van der Waals surface area (Å²) in [5, 5.41) is 6.59. The third-order valence-electron chi connectivity index (χ3n) is 4.67. The molecule has 136 valence electrons. The number of aromatic nitrogens is 2. The minimum absolute atomic E-state index is 0.0539. The van der Waals surface area contributed by atoms with Crippen molar-refractivity contribution < 1.29 is 9.53 Å². The highest BCUT2D eigenvalue weighted by atomic mass is 16.5. The van der Waals surface area contributed by atoms with Crippen LogP contribution >= 0.6 is 0 Å². The Morgan fingerprint density at radius 1 is 1.23 bits per heavy atom. The minimum Gasteiger partial charge on any atom is -0.481 e. The number of rotatable bonds is 6. The second kappa shape index (κ2) is 7.60. The molecule has 0 aliphatic rings. The largest absolute Gasteiger partial charge is 0.481 e. The zero-order valence-corrected chi connectivity index (χ0v) is 15.8. The fraction of sp³-hybridized carbons (Fsp3) is 0.333. The molecule has 5 heteroatoms. The van der Waals surface area contributed by atoms with Crippen LogP contribution in [0.5, 0.6) is 5.75 Å². The van der Waals surface area contributed by atoms with E-state index in [1.165, 1.54) is 0 Å². The van der Waals surface area contributed by atoms with Crippen LogP contribution in [0.25, 0.3) is 10.8 Å². The Kier molecular flexibility index (Phi) is 5.26. The first-order valence-electron chi connectivity index (χ1n) is 8.91. The van der Waals surface area contributed by atoms with Crippen molar-refractivity contribution in [2.24, 2.45) is 0 Å². The molecule has 0 aliphatic heterocycles. The third-order valence-corrected chi connectivity index (χ3v) is 4.67. The molecule has 1 amide bonds. The lowest BCUT2D eigenvalue weighted by Crippen LogP contribution is -2.37. The predicted octanol–water partition coefficient (Wildman–Crippen LogP) is 3.79. The standard InChI is InChI=1S/C21H25N3O2/c1-5-24-15(2)19(13-22-24)14-23(4)21(25)16(3)26-20-11-10-17-8-6-7-9-18(17)12-20/h6-13,16H,5,14H2,1-4H3/t16-/m1/s1. The molecule has 0 spiro atoms. The molecule has 3 aromatic rings. The van der Waals surface area contributed by atoms with E-state index in [0.717, 1.165) is 28.6 Å². The zero-order chi connectivity index (χ0) is 18.7. The fourth-order valence-electron chi connectivity index (χ4n) is 3.10. The lowest BCUT2D eigenvalue weighted by molar-refractivity contribution is -0.137. The van der Waals surface area contributed by atoms with Crippen molar-refractivity contribution in [1.82, 2.24) is 14.7 Å². The fourth-order valence-corrected chi connectivity index (χ4v) is 3.10. The van der Waals surface area contributed by atoms with Crippen molar-refractivity contribution in [3.05, 3.63) is 59.9 Å². The Morgan fingerprint density at radius 2 is 1.96 bits per heavy atom. The first-order chi connectivity index (χ1) is 12.5. The van der Waals surface area contributed by atoms with Gasteiger partial charge in [0.25, 0.3) is 5.91 Å². The molecule has 1 aromatic heterocycles. The van der Waals surface area contributed by atoms with E-state index in [9.17, 15) is 4.79 Å². The number of fused-ring (bicyclic) bond motifs is 1. The topological polar surface area (TPSA) is 47.4 Å². The highest BCUT2D eigenvalue weighted by Crippen LogP contribution is 2.22. The van der Waals surface area contributed by atoms with Gasteiger partial charge in [-0.2, -0.15) is 5.10 Å². The molecule has 0 saturated heterocycles. The van der Waals surface area contributed by atoms with Gasteiger partial charge in [0.05, 0.1) is 6.20 Å². The van der Waals surface area contributed by atoms with Crippen LogP contribution in [0.1, 0.15) is 25.1 Å². The van der Waals surface area contributed by atoms with Crippen molar-refractivity contribution >= 4 is 16.7 Å². The van der Waals surface area contributed by atoms with Gasteiger partial charge >= 0.3 is 0 Å². The van der Waals surface area contributed by atoms with Gasteiger partial charge in [-0.15, -0.1) is 0 Å².